The topological polar surface area (TPSA) is 26.0 Å². The van der Waals surface area contributed by atoms with Crippen molar-refractivity contribution in [2.75, 3.05) is 6.54 Å². The third-order valence-corrected chi connectivity index (χ3v) is 4.21. The molecule has 0 saturated heterocycles. The lowest BCUT2D eigenvalue weighted by atomic mass is 10.0. The molecule has 0 fully saturated rings. The summed E-state index contributed by atoms with van der Waals surface area (Å²) in [5.74, 6) is 0. The number of rotatable bonds is 3. The highest BCUT2D eigenvalue weighted by molar-refractivity contribution is 6.46. The molecule has 0 amide bonds. The summed E-state index contributed by atoms with van der Waals surface area (Å²) < 4.78 is 0. The van der Waals surface area contributed by atoms with Crippen LogP contribution in [0.3, 0.4) is 0 Å². The zero-order valence-electron chi connectivity index (χ0n) is 9.89. The van der Waals surface area contributed by atoms with Crippen LogP contribution >= 0.6 is 46.4 Å². The number of hydrogen-bond acceptors (Lipinski definition) is 1. The van der Waals surface area contributed by atoms with Gasteiger partial charge in [0, 0.05) is 16.1 Å². The summed E-state index contributed by atoms with van der Waals surface area (Å²) >= 11 is 24.7. The van der Waals surface area contributed by atoms with Gasteiger partial charge in [-0.15, -0.1) is 0 Å². The molecule has 0 aliphatic rings. The highest BCUT2D eigenvalue weighted by Crippen LogP contribution is 2.41. The van der Waals surface area contributed by atoms with Gasteiger partial charge in [-0.25, -0.2) is 0 Å². The Hall–Kier alpha value is -0.440. The molecule has 0 spiro atoms. The fourth-order valence-electron chi connectivity index (χ4n) is 1.86. The van der Waals surface area contributed by atoms with Crippen LogP contribution in [0.2, 0.25) is 20.1 Å². The minimum absolute atomic E-state index is 0.405. The fraction of sp³-hybridized carbons (Fsp3) is 0.143. The highest BCUT2D eigenvalue weighted by Gasteiger charge is 2.14. The first-order valence-electron chi connectivity index (χ1n) is 5.67. The van der Waals surface area contributed by atoms with Gasteiger partial charge in [0.1, 0.15) is 0 Å². The molecule has 0 heterocycles. The molecule has 0 aromatic heterocycles. The van der Waals surface area contributed by atoms with Crippen molar-refractivity contribution >= 4 is 46.4 Å². The van der Waals surface area contributed by atoms with Gasteiger partial charge in [-0.05, 0) is 36.7 Å². The SMILES string of the molecule is NCCc1ccc(-c2c(Cl)ccc(Cl)c2Cl)c(Cl)c1. The summed E-state index contributed by atoms with van der Waals surface area (Å²) in [5.41, 5.74) is 8.02. The van der Waals surface area contributed by atoms with E-state index in [1.165, 1.54) is 0 Å². The molecule has 2 aromatic rings. The summed E-state index contributed by atoms with van der Waals surface area (Å²) in [6, 6.07) is 9.08. The minimum Gasteiger partial charge on any atom is -0.330 e. The van der Waals surface area contributed by atoms with Crippen LogP contribution in [0.5, 0.6) is 0 Å². The molecule has 2 N–H and O–H groups in total. The van der Waals surface area contributed by atoms with Crippen molar-refractivity contribution in [3.8, 4) is 11.1 Å². The van der Waals surface area contributed by atoms with E-state index in [9.17, 15) is 0 Å². The molecule has 0 bridgehead atoms. The van der Waals surface area contributed by atoms with E-state index in [0.717, 1.165) is 17.5 Å². The molecule has 0 radical (unpaired) electrons. The quantitative estimate of drug-likeness (QED) is 0.740. The molecule has 19 heavy (non-hydrogen) atoms. The van der Waals surface area contributed by atoms with Crippen LogP contribution in [-0.4, -0.2) is 6.54 Å². The van der Waals surface area contributed by atoms with Gasteiger partial charge >= 0.3 is 0 Å². The Balaban J connectivity index is 2.57. The van der Waals surface area contributed by atoms with Crippen molar-refractivity contribution in [3.05, 3.63) is 56.0 Å². The summed E-state index contributed by atoms with van der Waals surface area (Å²) in [6.45, 7) is 0.578. The van der Waals surface area contributed by atoms with E-state index >= 15 is 0 Å². The van der Waals surface area contributed by atoms with Crippen LogP contribution in [0.4, 0.5) is 0 Å². The second-order valence-corrected chi connectivity index (χ2v) is 5.67. The second kappa shape index (κ2) is 6.34. The molecule has 2 aromatic carbocycles. The summed E-state index contributed by atoms with van der Waals surface area (Å²) in [7, 11) is 0. The normalized spacial score (nSPS) is 10.8. The molecular formula is C14H11Cl4N. The van der Waals surface area contributed by atoms with Crippen LogP contribution in [-0.2, 0) is 6.42 Å². The van der Waals surface area contributed by atoms with Crippen molar-refractivity contribution in [2.24, 2.45) is 5.73 Å². The largest absolute Gasteiger partial charge is 0.330 e. The smallest absolute Gasteiger partial charge is 0.0686 e. The van der Waals surface area contributed by atoms with E-state index in [0.29, 0.717) is 32.2 Å². The molecule has 0 atom stereocenters. The van der Waals surface area contributed by atoms with E-state index in [4.69, 9.17) is 52.1 Å². The van der Waals surface area contributed by atoms with Gasteiger partial charge in [0.25, 0.3) is 0 Å². The third kappa shape index (κ3) is 3.18. The van der Waals surface area contributed by atoms with Gasteiger partial charge in [0.2, 0.25) is 0 Å². The summed E-state index contributed by atoms with van der Waals surface area (Å²) in [6.07, 6.45) is 0.775. The number of hydrogen-bond donors (Lipinski definition) is 1. The average Bonchev–Trinajstić information content (AvgIpc) is 2.37. The van der Waals surface area contributed by atoms with E-state index in [1.54, 1.807) is 12.1 Å². The van der Waals surface area contributed by atoms with Crippen molar-refractivity contribution in [2.45, 2.75) is 6.42 Å². The Kier molecular flexibility index (Phi) is 4.99. The maximum Gasteiger partial charge on any atom is 0.0686 e. The Morgan fingerprint density at radius 3 is 2.16 bits per heavy atom. The van der Waals surface area contributed by atoms with Gasteiger partial charge in [-0.2, -0.15) is 0 Å². The van der Waals surface area contributed by atoms with Gasteiger partial charge in [0.05, 0.1) is 15.1 Å². The maximum absolute atomic E-state index is 6.29. The Morgan fingerprint density at radius 1 is 0.842 bits per heavy atom. The van der Waals surface area contributed by atoms with Crippen LogP contribution < -0.4 is 5.73 Å². The first-order valence-corrected chi connectivity index (χ1v) is 7.18. The van der Waals surface area contributed by atoms with E-state index < -0.39 is 0 Å². The monoisotopic (exact) mass is 333 g/mol. The molecule has 100 valence electrons. The molecule has 0 aliphatic heterocycles. The molecule has 1 nitrogen and oxygen atoms in total. The van der Waals surface area contributed by atoms with E-state index in [1.807, 2.05) is 18.2 Å². The lowest BCUT2D eigenvalue weighted by Gasteiger charge is -2.11. The lowest BCUT2D eigenvalue weighted by Crippen LogP contribution is -2.02. The molecule has 0 aliphatic carbocycles. The molecule has 0 saturated carbocycles. The van der Waals surface area contributed by atoms with Crippen molar-refractivity contribution in [1.29, 1.82) is 0 Å². The van der Waals surface area contributed by atoms with Gasteiger partial charge < -0.3 is 5.73 Å². The number of halogens is 4. The van der Waals surface area contributed by atoms with Crippen LogP contribution in [0.15, 0.2) is 30.3 Å². The van der Waals surface area contributed by atoms with Crippen LogP contribution in [0.1, 0.15) is 5.56 Å². The summed E-state index contributed by atoms with van der Waals surface area (Å²) in [4.78, 5) is 0. The van der Waals surface area contributed by atoms with Crippen LogP contribution in [0.25, 0.3) is 11.1 Å². The fourth-order valence-corrected chi connectivity index (χ4v) is 2.89. The Labute approximate surface area is 132 Å². The Bertz CT molecular complexity index is 611. The van der Waals surface area contributed by atoms with Gasteiger partial charge in [-0.1, -0.05) is 58.5 Å². The molecule has 5 heteroatoms. The number of nitrogens with two attached hydrogens (primary N) is 1. The number of benzene rings is 2. The predicted octanol–water partition coefficient (Wildman–Crippen LogP) is 5.47. The van der Waals surface area contributed by atoms with Crippen molar-refractivity contribution in [1.82, 2.24) is 0 Å². The standard InChI is InChI=1S/C14H11Cl4N/c15-10-3-4-11(16)14(18)13(10)9-2-1-8(5-6-19)7-12(9)17/h1-4,7H,5-6,19H2. The highest BCUT2D eigenvalue weighted by atomic mass is 35.5. The van der Waals surface area contributed by atoms with Crippen LogP contribution in [0, 0.1) is 0 Å². The Morgan fingerprint density at radius 2 is 1.53 bits per heavy atom. The summed E-state index contributed by atoms with van der Waals surface area (Å²) in [5, 5.41) is 1.95. The molecule has 2 rings (SSSR count). The van der Waals surface area contributed by atoms with E-state index in [-0.39, 0.29) is 0 Å². The van der Waals surface area contributed by atoms with Crippen molar-refractivity contribution < 1.29 is 0 Å². The molecule has 0 unspecified atom stereocenters. The average molecular weight is 335 g/mol. The zero-order chi connectivity index (χ0) is 14.0. The van der Waals surface area contributed by atoms with Gasteiger partial charge in [-0.3, -0.25) is 0 Å². The van der Waals surface area contributed by atoms with Gasteiger partial charge in [0.15, 0.2) is 0 Å². The maximum atomic E-state index is 6.29. The lowest BCUT2D eigenvalue weighted by molar-refractivity contribution is 0.969. The van der Waals surface area contributed by atoms with E-state index in [2.05, 4.69) is 0 Å². The zero-order valence-corrected chi connectivity index (χ0v) is 12.9. The second-order valence-electron chi connectivity index (χ2n) is 4.07. The first-order chi connectivity index (χ1) is 9.04. The third-order valence-electron chi connectivity index (χ3n) is 2.78. The van der Waals surface area contributed by atoms with Crippen molar-refractivity contribution in [3.63, 3.8) is 0 Å². The predicted molar refractivity (Wildman–Crippen MR) is 84.7 cm³/mol. The minimum atomic E-state index is 0.405. The first kappa shape index (κ1) is 15.0. The molecular weight excluding hydrogens is 324 g/mol.